The molecule has 0 aromatic rings. The van der Waals surface area contributed by atoms with Gasteiger partial charge in [0.15, 0.2) is 0 Å². The van der Waals surface area contributed by atoms with Gasteiger partial charge in [-0.25, -0.2) is 0 Å². The van der Waals surface area contributed by atoms with Crippen molar-refractivity contribution >= 4 is 0 Å². The van der Waals surface area contributed by atoms with Gasteiger partial charge in [-0.3, -0.25) is 0 Å². The monoisotopic (exact) mass is 192 g/mol. The summed E-state index contributed by atoms with van der Waals surface area (Å²) < 4.78 is 0. The Morgan fingerprint density at radius 3 is 2.29 bits per heavy atom. The van der Waals surface area contributed by atoms with Gasteiger partial charge in [0.1, 0.15) is 0 Å². The highest BCUT2D eigenvalue weighted by Gasteiger charge is 2.07. The Morgan fingerprint density at radius 1 is 1.00 bits per heavy atom. The molecule has 0 saturated carbocycles. The molecule has 0 aliphatic heterocycles. The molecule has 14 heavy (non-hydrogen) atoms. The zero-order valence-corrected chi connectivity index (χ0v) is 9.92. The zero-order valence-electron chi connectivity index (χ0n) is 9.92. The average molecular weight is 192 g/mol. The van der Waals surface area contributed by atoms with Gasteiger partial charge < -0.3 is 0 Å². The Bertz CT molecular complexity index is 189. The third kappa shape index (κ3) is 11.2. The molecular weight excluding hydrogens is 168 g/mol. The quantitative estimate of drug-likeness (QED) is 0.415. The number of hydrogen-bond acceptors (Lipinski definition) is 0. The standard InChI is InChI=1S/C14H24/c1-5-6-7-8-9-10-11-12-13-14(2,3)4/h5-9H,1,10-13H2,2-4H3. The smallest absolute Gasteiger partial charge is 0.0348 e. The molecule has 0 aromatic carbocycles. The van der Waals surface area contributed by atoms with Crippen molar-refractivity contribution in [1.82, 2.24) is 0 Å². The van der Waals surface area contributed by atoms with Crippen molar-refractivity contribution in [3.05, 3.63) is 37.0 Å². The van der Waals surface area contributed by atoms with E-state index in [4.69, 9.17) is 0 Å². The molecular formula is C14H24. The minimum absolute atomic E-state index is 0.493. The van der Waals surface area contributed by atoms with Gasteiger partial charge in [0, 0.05) is 0 Å². The molecule has 0 heteroatoms. The highest BCUT2D eigenvalue weighted by molar-refractivity contribution is 5.08. The molecule has 0 amide bonds. The Morgan fingerprint density at radius 2 is 1.71 bits per heavy atom. The topological polar surface area (TPSA) is 0 Å². The van der Waals surface area contributed by atoms with E-state index in [-0.39, 0.29) is 0 Å². The van der Waals surface area contributed by atoms with Crippen molar-refractivity contribution in [2.24, 2.45) is 5.41 Å². The predicted molar refractivity (Wildman–Crippen MR) is 66.4 cm³/mol. The molecule has 0 rings (SSSR count). The van der Waals surface area contributed by atoms with Crippen LogP contribution in [0.5, 0.6) is 0 Å². The molecule has 0 fully saturated rings. The maximum Gasteiger partial charge on any atom is -0.0348 e. The van der Waals surface area contributed by atoms with Crippen LogP contribution in [0.2, 0.25) is 0 Å². The Kier molecular flexibility index (Phi) is 7.18. The zero-order chi connectivity index (χ0) is 10.9. The van der Waals surface area contributed by atoms with Crippen LogP contribution in [0, 0.1) is 5.41 Å². The lowest BCUT2D eigenvalue weighted by Crippen LogP contribution is -2.03. The molecule has 0 aliphatic carbocycles. The number of unbranched alkanes of at least 4 members (excludes halogenated alkanes) is 2. The second-order valence-corrected chi connectivity index (χ2v) is 4.86. The van der Waals surface area contributed by atoms with Crippen molar-refractivity contribution < 1.29 is 0 Å². The van der Waals surface area contributed by atoms with Crippen LogP contribution in [-0.2, 0) is 0 Å². The van der Waals surface area contributed by atoms with E-state index in [2.05, 4.69) is 39.5 Å². The van der Waals surface area contributed by atoms with Crippen LogP contribution in [0.4, 0.5) is 0 Å². The first kappa shape index (κ1) is 13.2. The van der Waals surface area contributed by atoms with Crippen LogP contribution in [-0.4, -0.2) is 0 Å². The fraction of sp³-hybridized carbons (Fsp3) is 0.571. The van der Waals surface area contributed by atoms with Gasteiger partial charge in [0.05, 0.1) is 0 Å². The van der Waals surface area contributed by atoms with Crippen LogP contribution < -0.4 is 0 Å². The molecule has 0 aliphatic rings. The second-order valence-electron chi connectivity index (χ2n) is 4.86. The van der Waals surface area contributed by atoms with Crippen LogP contribution in [0.15, 0.2) is 37.0 Å². The van der Waals surface area contributed by atoms with Crippen molar-refractivity contribution in [2.45, 2.75) is 46.5 Å². The molecule has 0 N–H and O–H groups in total. The molecule has 0 unspecified atom stereocenters. The molecule has 80 valence electrons. The van der Waals surface area contributed by atoms with Gasteiger partial charge in [-0.1, -0.05) is 64.2 Å². The fourth-order valence-corrected chi connectivity index (χ4v) is 1.24. The van der Waals surface area contributed by atoms with Gasteiger partial charge in [-0.2, -0.15) is 0 Å². The molecule has 0 aromatic heterocycles. The van der Waals surface area contributed by atoms with E-state index in [0.29, 0.717) is 5.41 Å². The Labute approximate surface area is 89.4 Å². The summed E-state index contributed by atoms with van der Waals surface area (Å²) in [5.41, 5.74) is 0.493. The Balaban J connectivity index is 3.34. The SMILES string of the molecule is C=CC=CC=CCCCCC(C)(C)C. The lowest BCUT2D eigenvalue weighted by Gasteiger charge is -2.16. The number of rotatable bonds is 6. The minimum Gasteiger partial charge on any atom is -0.0991 e. The van der Waals surface area contributed by atoms with Crippen molar-refractivity contribution in [3.63, 3.8) is 0 Å². The van der Waals surface area contributed by atoms with Gasteiger partial charge in [-0.05, 0) is 24.7 Å². The van der Waals surface area contributed by atoms with Crippen LogP contribution in [0.25, 0.3) is 0 Å². The number of allylic oxidation sites excluding steroid dienone is 5. The van der Waals surface area contributed by atoms with Crippen LogP contribution in [0.1, 0.15) is 46.5 Å². The number of hydrogen-bond donors (Lipinski definition) is 0. The first-order valence-electron chi connectivity index (χ1n) is 5.50. The van der Waals surface area contributed by atoms with E-state index in [1.165, 1.54) is 25.7 Å². The molecule has 0 radical (unpaired) electrons. The molecule has 0 spiro atoms. The van der Waals surface area contributed by atoms with Crippen LogP contribution in [0.3, 0.4) is 0 Å². The highest BCUT2D eigenvalue weighted by Crippen LogP contribution is 2.21. The largest absolute Gasteiger partial charge is 0.0991 e. The predicted octanol–water partition coefficient (Wildman–Crippen LogP) is 4.89. The summed E-state index contributed by atoms with van der Waals surface area (Å²) in [6.45, 7) is 10.5. The Hall–Kier alpha value is -0.780. The summed E-state index contributed by atoms with van der Waals surface area (Å²) in [4.78, 5) is 0. The summed E-state index contributed by atoms with van der Waals surface area (Å²) in [5.74, 6) is 0. The van der Waals surface area contributed by atoms with E-state index >= 15 is 0 Å². The molecule has 0 atom stereocenters. The fourth-order valence-electron chi connectivity index (χ4n) is 1.24. The van der Waals surface area contributed by atoms with E-state index in [1.807, 2.05) is 12.2 Å². The summed E-state index contributed by atoms with van der Waals surface area (Å²) in [5, 5.41) is 0. The summed E-state index contributed by atoms with van der Waals surface area (Å²) in [6.07, 6.45) is 15.2. The normalized spacial score (nSPS) is 12.8. The lowest BCUT2D eigenvalue weighted by molar-refractivity contribution is 0.361. The highest BCUT2D eigenvalue weighted by atomic mass is 14.1. The lowest BCUT2D eigenvalue weighted by atomic mass is 9.89. The van der Waals surface area contributed by atoms with Gasteiger partial charge in [-0.15, -0.1) is 0 Å². The van der Waals surface area contributed by atoms with E-state index in [9.17, 15) is 0 Å². The molecule has 0 heterocycles. The maximum atomic E-state index is 3.61. The van der Waals surface area contributed by atoms with E-state index in [1.54, 1.807) is 6.08 Å². The van der Waals surface area contributed by atoms with Crippen molar-refractivity contribution in [2.75, 3.05) is 0 Å². The summed E-state index contributed by atoms with van der Waals surface area (Å²) in [7, 11) is 0. The first-order valence-corrected chi connectivity index (χ1v) is 5.50. The third-order valence-corrected chi connectivity index (χ3v) is 2.04. The van der Waals surface area contributed by atoms with E-state index in [0.717, 1.165) is 0 Å². The maximum absolute atomic E-state index is 3.61. The summed E-state index contributed by atoms with van der Waals surface area (Å²) in [6, 6.07) is 0. The minimum atomic E-state index is 0.493. The summed E-state index contributed by atoms with van der Waals surface area (Å²) >= 11 is 0. The third-order valence-electron chi connectivity index (χ3n) is 2.04. The van der Waals surface area contributed by atoms with Crippen LogP contribution >= 0.6 is 0 Å². The second kappa shape index (κ2) is 7.61. The van der Waals surface area contributed by atoms with Crippen molar-refractivity contribution in [3.8, 4) is 0 Å². The van der Waals surface area contributed by atoms with Gasteiger partial charge in [0.25, 0.3) is 0 Å². The molecule has 0 bridgehead atoms. The average Bonchev–Trinajstić information content (AvgIpc) is 2.08. The molecule has 0 saturated heterocycles. The first-order chi connectivity index (χ1) is 6.56. The van der Waals surface area contributed by atoms with E-state index < -0.39 is 0 Å². The van der Waals surface area contributed by atoms with Gasteiger partial charge >= 0.3 is 0 Å². The molecule has 0 nitrogen and oxygen atoms in total. The van der Waals surface area contributed by atoms with Gasteiger partial charge in [0.2, 0.25) is 0 Å². The van der Waals surface area contributed by atoms with Crippen molar-refractivity contribution in [1.29, 1.82) is 0 Å².